The molecule has 0 atom stereocenters. The second kappa shape index (κ2) is 33.6. The lowest BCUT2D eigenvalue weighted by atomic mass is 9.78. The summed E-state index contributed by atoms with van der Waals surface area (Å²) in [6, 6.07) is 98.4. The minimum Gasteiger partial charge on any atom is -0.399 e. The average molecular weight is 1300 g/mol. The van der Waals surface area contributed by atoms with Crippen molar-refractivity contribution >= 4 is 35.8 Å². The van der Waals surface area contributed by atoms with Gasteiger partial charge in [-0.05, 0) is 229 Å². The molecule has 1 fully saturated rings. The van der Waals surface area contributed by atoms with Gasteiger partial charge in [-0.2, -0.15) is 0 Å². The predicted molar refractivity (Wildman–Crippen MR) is 408 cm³/mol. The first-order valence-electron chi connectivity index (χ1n) is 34.2. The first kappa shape index (κ1) is 68.4. The number of aryl methyl sites for hydroxylation is 5. The molecule has 0 saturated carbocycles. The van der Waals surface area contributed by atoms with Gasteiger partial charge in [-0.1, -0.05) is 273 Å². The van der Waals surface area contributed by atoms with Gasteiger partial charge < -0.3 is 9.31 Å². The molecule has 0 amide bonds. The van der Waals surface area contributed by atoms with Gasteiger partial charge in [0.25, 0.3) is 0 Å². The van der Waals surface area contributed by atoms with Crippen LogP contribution in [0.25, 0.3) is 78.1 Å². The highest BCUT2D eigenvalue weighted by Crippen LogP contribution is 2.38. The van der Waals surface area contributed by atoms with E-state index in [9.17, 15) is 0 Å². The van der Waals surface area contributed by atoms with Gasteiger partial charge in [0.15, 0.2) is 0 Å². The number of hydrogen-bond acceptors (Lipinski definition) is 4. The zero-order valence-electron chi connectivity index (χ0n) is 56.2. The lowest BCUT2D eigenvalue weighted by Crippen LogP contribution is -2.41. The van der Waals surface area contributed by atoms with E-state index in [1.54, 1.807) is 6.20 Å². The summed E-state index contributed by atoms with van der Waals surface area (Å²) in [5.41, 5.74) is 23.1. The molecule has 7 heteroatoms. The lowest BCUT2D eigenvalue weighted by molar-refractivity contribution is 0.00578. The smallest absolute Gasteiger partial charge is 0.399 e. The van der Waals surface area contributed by atoms with E-state index in [0.29, 0.717) is 0 Å². The maximum absolute atomic E-state index is 6.89. The van der Waals surface area contributed by atoms with Gasteiger partial charge in [-0.3, -0.25) is 9.97 Å². The van der Waals surface area contributed by atoms with Gasteiger partial charge in [-0.25, -0.2) is 0 Å². The molecule has 0 aliphatic carbocycles. The summed E-state index contributed by atoms with van der Waals surface area (Å²) >= 11 is 13.2. The van der Waals surface area contributed by atoms with Crippen molar-refractivity contribution in [2.45, 2.75) is 123 Å². The molecule has 482 valence electrons. The molecule has 1 aliphatic heterocycles. The number of hydrogen-bond donors (Lipinski definition) is 0. The Hall–Kier alpha value is -8.94. The number of benzene rings is 10. The molecule has 13 rings (SSSR count). The highest BCUT2D eigenvalue weighted by Gasteiger charge is 2.51. The summed E-state index contributed by atoms with van der Waals surface area (Å²) < 4.78 is 12.2. The van der Waals surface area contributed by atoms with Gasteiger partial charge in [0.2, 0.25) is 0 Å². The third-order valence-electron chi connectivity index (χ3n) is 18.6. The van der Waals surface area contributed by atoms with Crippen LogP contribution in [0.15, 0.2) is 291 Å². The van der Waals surface area contributed by atoms with Crippen LogP contribution in [0.3, 0.4) is 0 Å². The maximum Gasteiger partial charge on any atom is 0.494 e. The molecule has 0 N–H and O–H groups in total. The van der Waals surface area contributed by atoms with Crippen molar-refractivity contribution < 1.29 is 9.31 Å². The lowest BCUT2D eigenvalue weighted by Gasteiger charge is -2.32. The first-order valence-corrected chi connectivity index (χ1v) is 35.0. The van der Waals surface area contributed by atoms with Crippen molar-refractivity contribution in [2.75, 3.05) is 0 Å². The zero-order chi connectivity index (χ0) is 66.5. The van der Waals surface area contributed by atoms with Gasteiger partial charge in [-0.15, -0.1) is 0 Å². The topological polar surface area (TPSA) is 44.2 Å². The van der Waals surface area contributed by atoms with Crippen LogP contribution < -0.4 is 5.46 Å². The molecule has 0 bridgehead atoms. The standard InChI is InChI=1S/C41H36ClN.C31H31Cl.C17H20BNO2/c42-40-30-36(24-25-39(40)37-21-12-22-38(29-37)41-23-8-9-26-43-41)35-20-11-19-34(28-35)33-18-10-17-32(27-33)16-5-2-1-4-13-31-14-6-3-7-15-31;1-24-19-20-30(23-31(24)32)29-18-10-17-28(22-29)27-16-9-15-26(21-27)14-6-3-2-5-11-25-12-7-4-8-13-25;1-16(2)17(3,4)21-18(20-16)14-9-7-8-13(12-14)15-10-5-6-11-19-15/h3,6-12,14-15,17-30H,1-2,4-5,13,16H2;4,7-10,12-13,15-23H,2-3,5-6,11,14H2,1H3;5-12H,1-4H3. The molecule has 0 unspecified atom stereocenters. The van der Waals surface area contributed by atoms with E-state index in [1.165, 1.54) is 114 Å². The Morgan fingerprint density at radius 3 is 1.10 bits per heavy atom. The van der Waals surface area contributed by atoms with E-state index < -0.39 is 0 Å². The van der Waals surface area contributed by atoms with Crippen LogP contribution in [0, 0.1) is 6.92 Å². The molecule has 12 aromatic rings. The third-order valence-corrected chi connectivity index (χ3v) is 19.3. The number of rotatable bonds is 22. The maximum atomic E-state index is 6.89. The predicted octanol–water partition coefficient (Wildman–Crippen LogP) is 24.1. The molecule has 4 nitrogen and oxygen atoms in total. The number of aromatic nitrogens is 2. The highest BCUT2D eigenvalue weighted by molar-refractivity contribution is 6.62. The molecule has 2 aromatic heterocycles. The van der Waals surface area contributed by atoms with Gasteiger partial charge in [0.05, 0.1) is 22.6 Å². The molecule has 1 saturated heterocycles. The molecule has 0 spiro atoms. The molecule has 3 heterocycles. The second-order valence-electron chi connectivity index (χ2n) is 26.2. The Balaban J connectivity index is 0.000000155. The van der Waals surface area contributed by atoms with Gasteiger partial charge in [0, 0.05) is 33.6 Å². The van der Waals surface area contributed by atoms with Crippen molar-refractivity contribution in [1.29, 1.82) is 0 Å². The third kappa shape index (κ3) is 19.0. The van der Waals surface area contributed by atoms with Crippen LogP contribution in [0.2, 0.25) is 10.0 Å². The number of nitrogens with zero attached hydrogens (tertiary/aromatic N) is 2. The molecule has 1 aliphatic rings. The second-order valence-corrected chi connectivity index (χ2v) is 27.1. The van der Waals surface area contributed by atoms with E-state index in [0.717, 1.165) is 84.2 Å². The van der Waals surface area contributed by atoms with Crippen LogP contribution in [0.4, 0.5) is 0 Å². The first-order chi connectivity index (χ1) is 46.8. The van der Waals surface area contributed by atoms with E-state index >= 15 is 0 Å². The molecule has 96 heavy (non-hydrogen) atoms. The van der Waals surface area contributed by atoms with Crippen molar-refractivity contribution in [1.82, 2.24) is 9.97 Å². The number of pyridine rings is 2. The zero-order valence-corrected chi connectivity index (χ0v) is 57.8. The monoisotopic (exact) mass is 1300 g/mol. The highest BCUT2D eigenvalue weighted by atomic mass is 35.5. The van der Waals surface area contributed by atoms with Crippen molar-refractivity contribution in [3.8, 4) is 78.1 Å². The summed E-state index contributed by atoms with van der Waals surface area (Å²) in [6.07, 6.45) is 18.4. The summed E-state index contributed by atoms with van der Waals surface area (Å²) in [5.74, 6) is 0. The summed E-state index contributed by atoms with van der Waals surface area (Å²) in [7, 11) is -0.335. The summed E-state index contributed by atoms with van der Waals surface area (Å²) in [5, 5.41) is 1.56. The Labute approximate surface area is 581 Å². The van der Waals surface area contributed by atoms with Gasteiger partial charge >= 0.3 is 7.12 Å². The van der Waals surface area contributed by atoms with Crippen LogP contribution in [-0.4, -0.2) is 28.3 Å². The SMILES string of the molecule is CC1(C)OB(c2cccc(-c3ccccn3)c2)OC1(C)C.Cc1ccc(-c2cccc(-c3cccc(CCCCCCc4ccccc4)c3)c2)cc1Cl.Clc1cc(-c2cccc(-c3cccc(CCCCCCc4ccccc4)c3)c2)ccc1-c1cccc(-c2ccccn2)c1. The van der Waals surface area contributed by atoms with Crippen LogP contribution in [0.1, 0.15) is 107 Å². The minimum absolute atomic E-state index is 0.321. The van der Waals surface area contributed by atoms with Crippen molar-refractivity contribution in [3.63, 3.8) is 0 Å². The van der Waals surface area contributed by atoms with E-state index in [1.807, 2.05) is 61.7 Å². The molecular formula is C89H87BCl2N2O2. The Morgan fingerprint density at radius 1 is 0.302 bits per heavy atom. The quantitative estimate of drug-likeness (QED) is 0.0501. The minimum atomic E-state index is -0.335. The normalized spacial score (nSPS) is 12.9. The fourth-order valence-electron chi connectivity index (χ4n) is 12.3. The van der Waals surface area contributed by atoms with Crippen molar-refractivity contribution in [3.05, 3.63) is 329 Å². The van der Waals surface area contributed by atoms with Crippen LogP contribution in [0.5, 0.6) is 0 Å². The van der Waals surface area contributed by atoms with Gasteiger partial charge in [0.1, 0.15) is 0 Å². The molecule has 10 aromatic carbocycles. The number of halogens is 2. The summed E-state index contributed by atoms with van der Waals surface area (Å²) in [4.78, 5) is 8.89. The Morgan fingerprint density at radius 2 is 0.656 bits per heavy atom. The van der Waals surface area contributed by atoms with Crippen LogP contribution in [-0.2, 0) is 35.0 Å². The Bertz CT molecular complexity index is 4410. The van der Waals surface area contributed by atoms with E-state index in [4.69, 9.17) is 32.5 Å². The largest absolute Gasteiger partial charge is 0.494 e. The average Bonchev–Trinajstić information content (AvgIpc) is 1.64. The fourth-order valence-corrected chi connectivity index (χ4v) is 12.8. The van der Waals surface area contributed by atoms with E-state index in [2.05, 4.69) is 268 Å². The molecule has 0 radical (unpaired) electrons. The summed E-state index contributed by atoms with van der Waals surface area (Å²) in [6.45, 7) is 10.3. The van der Waals surface area contributed by atoms with Crippen molar-refractivity contribution in [2.24, 2.45) is 0 Å². The fraction of sp³-hybridized carbons (Fsp3) is 0.213. The Kier molecular flexibility index (Phi) is 24.0. The number of unbranched alkanes of at least 4 members (excludes halogenated alkanes) is 6. The van der Waals surface area contributed by atoms with Crippen LogP contribution >= 0.6 is 23.2 Å². The molecular weight excluding hydrogens is 1210 g/mol. The van der Waals surface area contributed by atoms with E-state index in [-0.39, 0.29) is 18.3 Å².